The lowest BCUT2D eigenvalue weighted by Crippen LogP contribution is -2.58. The molecule has 0 radical (unpaired) electrons. The van der Waals surface area contributed by atoms with Crippen LogP contribution in [0.5, 0.6) is 0 Å². The van der Waals surface area contributed by atoms with Crippen LogP contribution in [0.3, 0.4) is 0 Å². The standard InChI is InChI=1S/C14H25N5O8/c1-6(15)11(23)18-8(4-20)13(25)19-9(5-21)12(24)17-7(14(26)27)2-3-10(16)22/h6-9,20-21H,2-5,15H2,1H3,(H2,16,22)(H,17,24)(H,18,23)(H,19,25)(H,26,27). The summed E-state index contributed by atoms with van der Waals surface area (Å²) >= 11 is 0. The Balaban J connectivity index is 4.94. The number of aliphatic hydroxyl groups is 2. The molecular formula is C14H25N5O8. The van der Waals surface area contributed by atoms with E-state index in [2.05, 4.69) is 16.0 Å². The van der Waals surface area contributed by atoms with Gasteiger partial charge < -0.3 is 42.7 Å². The first-order chi connectivity index (χ1) is 12.5. The Morgan fingerprint density at radius 3 is 1.59 bits per heavy atom. The molecule has 0 fully saturated rings. The summed E-state index contributed by atoms with van der Waals surface area (Å²) in [6, 6.07) is -5.42. The minimum Gasteiger partial charge on any atom is -0.480 e. The van der Waals surface area contributed by atoms with Gasteiger partial charge in [-0.3, -0.25) is 19.2 Å². The van der Waals surface area contributed by atoms with Gasteiger partial charge in [-0.25, -0.2) is 4.79 Å². The second kappa shape index (κ2) is 11.8. The summed E-state index contributed by atoms with van der Waals surface area (Å²) < 4.78 is 0. The van der Waals surface area contributed by atoms with Gasteiger partial charge in [0.25, 0.3) is 0 Å². The molecule has 0 rings (SSSR count). The lowest BCUT2D eigenvalue weighted by Gasteiger charge is -2.22. The Hall–Kier alpha value is -2.77. The van der Waals surface area contributed by atoms with Crippen molar-refractivity contribution in [3.63, 3.8) is 0 Å². The van der Waals surface area contributed by atoms with Gasteiger partial charge in [-0.1, -0.05) is 0 Å². The number of hydrogen-bond acceptors (Lipinski definition) is 8. The quantitative estimate of drug-likeness (QED) is 0.159. The number of carboxylic acids is 1. The van der Waals surface area contributed by atoms with Crippen LogP contribution in [0.15, 0.2) is 0 Å². The zero-order valence-electron chi connectivity index (χ0n) is 14.7. The molecule has 0 aliphatic rings. The van der Waals surface area contributed by atoms with E-state index in [-0.39, 0.29) is 12.8 Å². The van der Waals surface area contributed by atoms with E-state index in [4.69, 9.17) is 16.6 Å². The van der Waals surface area contributed by atoms with Crippen LogP contribution in [0.4, 0.5) is 0 Å². The average Bonchev–Trinajstić information content (AvgIpc) is 2.59. The van der Waals surface area contributed by atoms with E-state index in [0.29, 0.717) is 0 Å². The molecule has 0 saturated carbocycles. The molecule has 0 aromatic rings. The predicted molar refractivity (Wildman–Crippen MR) is 89.7 cm³/mol. The van der Waals surface area contributed by atoms with Crippen LogP contribution in [0.25, 0.3) is 0 Å². The van der Waals surface area contributed by atoms with E-state index < -0.39 is 67.0 Å². The van der Waals surface area contributed by atoms with Gasteiger partial charge in [0.1, 0.15) is 18.1 Å². The van der Waals surface area contributed by atoms with Crippen LogP contribution in [0.2, 0.25) is 0 Å². The first-order valence-electron chi connectivity index (χ1n) is 7.93. The molecule has 0 bridgehead atoms. The molecule has 154 valence electrons. The SMILES string of the molecule is CC(N)C(=O)NC(CO)C(=O)NC(CO)C(=O)NC(CCC(N)=O)C(=O)O. The third-order valence-corrected chi connectivity index (χ3v) is 3.34. The molecule has 13 nitrogen and oxygen atoms in total. The molecular weight excluding hydrogens is 366 g/mol. The summed E-state index contributed by atoms with van der Waals surface area (Å²) in [5.41, 5.74) is 10.3. The highest BCUT2D eigenvalue weighted by Crippen LogP contribution is 1.99. The monoisotopic (exact) mass is 391 g/mol. The van der Waals surface area contributed by atoms with Crippen LogP contribution < -0.4 is 27.4 Å². The summed E-state index contributed by atoms with van der Waals surface area (Å²) in [6.07, 6.45) is -0.588. The van der Waals surface area contributed by atoms with E-state index in [1.165, 1.54) is 6.92 Å². The molecule has 13 heteroatoms. The molecule has 10 N–H and O–H groups in total. The van der Waals surface area contributed by atoms with Crippen molar-refractivity contribution in [2.45, 2.75) is 43.9 Å². The Labute approximate surface area is 154 Å². The lowest BCUT2D eigenvalue weighted by molar-refractivity contribution is -0.143. The number of nitrogens with two attached hydrogens (primary N) is 2. The number of carbonyl (C=O) groups excluding carboxylic acids is 4. The summed E-state index contributed by atoms with van der Waals surface area (Å²) in [6.45, 7) is -0.344. The van der Waals surface area contributed by atoms with Gasteiger partial charge in [-0.15, -0.1) is 0 Å². The van der Waals surface area contributed by atoms with Gasteiger partial charge in [0, 0.05) is 6.42 Å². The van der Waals surface area contributed by atoms with Crippen molar-refractivity contribution < 1.29 is 39.3 Å². The number of aliphatic hydroxyl groups excluding tert-OH is 2. The second-order valence-electron chi connectivity index (χ2n) is 5.68. The van der Waals surface area contributed by atoms with Crippen LogP contribution in [0, 0.1) is 0 Å². The topological polar surface area (TPSA) is 234 Å². The largest absolute Gasteiger partial charge is 0.480 e. The molecule has 27 heavy (non-hydrogen) atoms. The van der Waals surface area contributed by atoms with E-state index in [1.54, 1.807) is 0 Å². The molecule has 0 aliphatic carbocycles. The molecule has 4 atom stereocenters. The van der Waals surface area contributed by atoms with E-state index >= 15 is 0 Å². The number of carboxylic acid groups (broad SMARTS) is 1. The smallest absolute Gasteiger partial charge is 0.326 e. The molecule has 4 amide bonds. The zero-order valence-corrected chi connectivity index (χ0v) is 14.7. The van der Waals surface area contributed by atoms with Crippen molar-refractivity contribution in [2.75, 3.05) is 13.2 Å². The summed E-state index contributed by atoms with van der Waals surface area (Å²) in [5.74, 6) is -4.97. The highest BCUT2D eigenvalue weighted by atomic mass is 16.4. The molecule has 0 heterocycles. The van der Waals surface area contributed by atoms with Gasteiger partial charge in [-0.05, 0) is 13.3 Å². The molecule has 0 spiro atoms. The highest BCUT2D eigenvalue weighted by molar-refractivity contribution is 5.94. The van der Waals surface area contributed by atoms with Gasteiger partial charge in [0.2, 0.25) is 23.6 Å². The van der Waals surface area contributed by atoms with E-state index in [1.807, 2.05) is 0 Å². The molecule has 0 aromatic heterocycles. The maximum absolute atomic E-state index is 12.1. The van der Waals surface area contributed by atoms with Crippen molar-refractivity contribution in [2.24, 2.45) is 11.5 Å². The maximum atomic E-state index is 12.1. The minimum atomic E-state index is -1.56. The summed E-state index contributed by atoms with van der Waals surface area (Å²) in [5, 5.41) is 33.8. The van der Waals surface area contributed by atoms with Crippen LogP contribution in [-0.4, -0.2) is 82.3 Å². The second-order valence-corrected chi connectivity index (χ2v) is 5.68. The van der Waals surface area contributed by atoms with E-state index in [0.717, 1.165) is 0 Å². The van der Waals surface area contributed by atoms with Gasteiger partial charge in [-0.2, -0.15) is 0 Å². The highest BCUT2D eigenvalue weighted by Gasteiger charge is 2.29. The number of hydrogen-bond donors (Lipinski definition) is 8. The van der Waals surface area contributed by atoms with Crippen molar-refractivity contribution >= 4 is 29.6 Å². The van der Waals surface area contributed by atoms with Crippen molar-refractivity contribution in [3.8, 4) is 0 Å². The number of amides is 4. The fourth-order valence-corrected chi connectivity index (χ4v) is 1.78. The molecule has 0 aromatic carbocycles. The van der Waals surface area contributed by atoms with Crippen molar-refractivity contribution in [1.29, 1.82) is 0 Å². The number of aliphatic carboxylic acids is 1. The maximum Gasteiger partial charge on any atom is 0.326 e. The van der Waals surface area contributed by atoms with E-state index in [9.17, 15) is 34.2 Å². The Morgan fingerprint density at radius 1 is 0.852 bits per heavy atom. The van der Waals surface area contributed by atoms with Crippen LogP contribution in [-0.2, 0) is 24.0 Å². The Kier molecular flexibility index (Phi) is 10.6. The molecule has 4 unspecified atom stereocenters. The number of primary amides is 1. The third-order valence-electron chi connectivity index (χ3n) is 3.34. The third kappa shape index (κ3) is 8.94. The van der Waals surface area contributed by atoms with Crippen LogP contribution >= 0.6 is 0 Å². The van der Waals surface area contributed by atoms with Crippen molar-refractivity contribution in [1.82, 2.24) is 16.0 Å². The van der Waals surface area contributed by atoms with Gasteiger partial charge in [0.15, 0.2) is 0 Å². The number of rotatable bonds is 12. The molecule has 0 saturated heterocycles. The fraction of sp³-hybridized carbons (Fsp3) is 0.643. The van der Waals surface area contributed by atoms with Crippen molar-refractivity contribution in [3.05, 3.63) is 0 Å². The summed E-state index contributed by atoms with van der Waals surface area (Å²) in [7, 11) is 0. The predicted octanol–water partition coefficient (Wildman–Crippen LogP) is -4.88. The number of carbonyl (C=O) groups is 5. The lowest BCUT2D eigenvalue weighted by atomic mass is 10.1. The number of nitrogens with one attached hydrogen (secondary N) is 3. The van der Waals surface area contributed by atoms with Gasteiger partial charge in [0.05, 0.1) is 19.3 Å². The molecule has 0 aliphatic heterocycles. The fourth-order valence-electron chi connectivity index (χ4n) is 1.78. The average molecular weight is 391 g/mol. The minimum absolute atomic E-state index is 0.286. The van der Waals surface area contributed by atoms with Gasteiger partial charge >= 0.3 is 5.97 Å². The first kappa shape index (κ1) is 24.2. The summed E-state index contributed by atoms with van der Waals surface area (Å²) in [4.78, 5) is 57.5. The Morgan fingerprint density at radius 2 is 1.26 bits per heavy atom. The Bertz CT molecular complexity index is 568. The first-order valence-corrected chi connectivity index (χ1v) is 7.93. The normalized spacial score (nSPS) is 15.0. The zero-order chi connectivity index (χ0) is 21.1. The van der Waals surface area contributed by atoms with Crippen LogP contribution in [0.1, 0.15) is 19.8 Å².